The van der Waals surface area contributed by atoms with Gasteiger partial charge in [0.1, 0.15) is 5.82 Å². The number of rotatable bonds is 3. The molecule has 1 aromatic heterocycles. The summed E-state index contributed by atoms with van der Waals surface area (Å²) < 4.78 is 24.5. The predicted octanol–water partition coefficient (Wildman–Crippen LogP) is 3.66. The number of nitrogens with zero attached hydrogens (tertiary/aromatic N) is 2. The Kier molecular flexibility index (Phi) is 3.99. The summed E-state index contributed by atoms with van der Waals surface area (Å²) in [7, 11) is 0. The van der Waals surface area contributed by atoms with Gasteiger partial charge in [0, 0.05) is 10.5 Å². The van der Waals surface area contributed by atoms with Crippen LogP contribution >= 0.6 is 11.8 Å². The Morgan fingerprint density at radius 1 is 1.05 bits per heavy atom. The monoisotopic (exact) mass is 281 g/mol. The fraction of sp³-hybridized carbons (Fsp3) is 0.231. The van der Waals surface area contributed by atoms with Gasteiger partial charge in [0.25, 0.3) is 5.76 Å². The molecule has 0 unspecified atom stereocenters. The third-order valence-electron chi connectivity index (χ3n) is 2.91. The number of aromatic nitrogens is 2. The fourth-order valence-electron chi connectivity index (χ4n) is 1.69. The van der Waals surface area contributed by atoms with Crippen molar-refractivity contribution in [1.82, 2.24) is 10.2 Å². The molecule has 100 valence electrons. The highest BCUT2D eigenvalue weighted by Gasteiger charge is 2.10. The SMILES string of the molecule is Cc1c(N)nnc(-c2ccc(SC(F)F)cc2)c1C. The quantitative estimate of drug-likeness (QED) is 0.872. The third-order valence-corrected chi connectivity index (χ3v) is 3.64. The van der Waals surface area contributed by atoms with Crippen LogP contribution in [0.5, 0.6) is 0 Å². The van der Waals surface area contributed by atoms with Crippen LogP contribution in [0.1, 0.15) is 11.1 Å². The standard InChI is InChI=1S/C13H13F2N3S/c1-7-8(2)12(16)18-17-11(7)9-3-5-10(6-4-9)19-13(14)15/h3-6,13H,1-2H3,(H2,16,18). The molecule has 0 saturated carbocycles. The summed E-state index contributed by atoms with van der Waals surface area (Å²) >= 11 is 0.523. The van der Waals surface area contributed by atoms with Crippen LogP contribution in [0, 0.1) is 13.8 Å². The van der Waals surface area contributed by atoms with Crippen molar-refractivity contribution in [1.29, 1.82) is 0 Å². The van der Waals surface area contributed by atoms with Gasteiger partial charge in [0.2, 0.25) is 0 Å². The number of thioether (sulfide) groups is 1. The van der Waals surface area contributed by atoms with Gasteiger partial charge in [-0.1, -0.05) is 23.9 Å². The van der Waals surface area contributed by atoms with E-state index in [1.807, 2.05) is 13.8 Å². The Balaban J connectivity index is 2.35. The van der Waals surface area contributed by atoms with E-state index in [1.165, 1.54) is 0 Å². The van der Waals surface area contributed by atoms with Gasteiger partial charge in [-0.15, -0.1) is 10.2 Å². The van der Waals surface area contributed by atoms with Crippen molar-refractivity contribution in [3.05, 3.63) is 35.4 Å². The van der Waals surface area contributed by atoms with Gasteiger partial charge in [-0.3, -0.25) is 0 Å². The summed E-state index contributed by atoms with van der Waals surface area (Å²) in [5, 5.41) is 7.96. The molecule has 0 aliphatic heterocycles. The normalized spacial score (nSPS) is 11.0. The van der Waals surface area contributed by atoms with Crippen molar-refractivity contribution in [3.63, 3.8) is 0 Å². The molecule has 0 bridgehead atoms. The first-order valence-corrected chi connectivity index (χ1v) is 6.51. The molecule has 0 radical (unpaired) electrons. The van der Waals surface area contributed by atoms with Crippen LogP contribution in [0.2, 0.25) is 0 Å². The summed E-state index contributed by atoms with van der Waals surface area (Å²) in [6.45, 7) is 3.79. The molecule has 0 spiro atoms. The van der Waals surface area contributed by atoms with Crippen molar-refractivity contribution in [2.24, 2.45) is 0 Å². The van der Waals surface area contributed by atoms with E-state index in [0.29, 0.717) is 22.5 Å². The van der Waals surface area contributed by atoms with Gasteiger partial charge in [-0.2, -0.15) is 8.78 Å². The first-order valence-electron chi connectivity index (χ1n) is 5.63. The van der Waals surface area contributed by atoms with Crippen LogP contribution in [0.3, 0.4) is 0 Å². The summed E-state index contributed by atoms with van der Waals surface area (Å²) in [6.07, 6.45) is 0. The van der Waals surface area contributed by atoms with E-state index in [-0.39, 0.29) is 0 Å². The molecule has 1 heterocycles. The summed E-state index contributed by atoms with van der Waals surface area (Å²) in [5.41, 5.74) is 9.08. The maximum atomic E-state index is 12.2. The summed E-state index contributed by atoms with van der Waals surface area (Å²) in [4.78, 5) is 0.525. The molecule has 6 heteroatoms. The highest BCUT2D eigenvalue weighted by Crippen LogP contribution is 2.29. The third kappa shape index (κ3) is 3.01. The number of benzene rings is 1. The highest BCUT2D eigenvalue weighted by molar-refractivity contribution is 7.99. The molecule has 2 rings (SSSR count). The molecule has 3 nitrogen and oxygen atoms in total. The zero-order valence-corrected chi connectivity index (χ0v) is 11.3. The maximum absolute atomic E-state index is 12.2. The number of anilines is 1. The number of nitrogens with two attached hydrogens (primary N) is 1. The number of nitrogen functional groups attached to an aromatic ring is 1. The van der Waals surface area contributed by atoms with Crippen LogP contribution < -0.4 is 5.73 Å². The van der Waals surface area contributed by atoms with Crippen LogP contribution in [0.15, 0.2) is 29.2 Å². The van der Waals surface area contributed by atoms with Gasteiger partial charge in [0.15, 0.2) is 0 Å². The zero-order chi connectivity index (χ0) is 14.0. The second-order valence-corrected chi connectivity index (χ2v) is 5.15. The Morgan fingerprint density at radius 2 is 1.68 bits per heavy atom. The molecule has 0 fully saturated rings. The highest BCUT2D eigenvalue weighted by atomic mass is 32.2. The average molecular weight is 281 g/mol. The van der Waals surface area contributed by atoms with Crippen molar-refractivity contribution in [2.45, 2.75) is 24.5 Å². The first-order chi connectivity index (χ1) is 8.99. The minimum Gasteiger partial charge on any atom is -0.382 e. The van der Waals surface area contributed by atoms with Crippen LogP contribution in [0.4, 0.5) is 14.6 Å². The van der Waals surface area contributed by atoms with E-state index in [9.17, 15) is 8.78 Å². The van der Waals surface area contributed by atoms with Crippen LogP contribution in [0.25, 0.3) is 11.3 Å². The largest absolute Gasteiger partial charge is 0.382 e. The second-order valence-electron chi connectivity index (χ2n) is 4.09. The van der Waals surface area contributed by atoms with Gasteiger partial charge >= 0.3 is 0 Å². The lowest BCUT2D eigenvalue weighted by Gasteiger charge is -2.09. The lowest BCUT2D eigenvalue weighted by molar-refractivity contribution is 0.252. The van der Waals surface area contributed by atoms with Gasteiger partial charge in [-0.25, -0.2) is 0 Å². The van der Waals surface area contributed by atoms with Crippen LogP contribution in [-0.2, 0) is 0 Å². The number of hydrogen-bond acceptors (Lipinski definition) is 4. The molecule has 0 atom stereocenters. The Bertz CT molecular complexity index is 585. The van der Waals surface area contributed by atoms with Gasteiger partial charge < -0.3 is 5.73 Å². The second kappa shape index (κ2) is 5.52. The maximum Gasteiger partial charge on any atom is 0.288 e. The lowest BCUT2D eigenvalue weighted by Crippen LogP contribution is -2.01. The predicted molar refractivity (Wildman–Crippen MR) is 73.2 cm³/mol. The topological polar surface area (TPSA) is 51.8 Å². The number of halogens is 2. The van der Waals surface area contributed by atoms with E-state index >= 15 is 0 Å². The molecule has 0 aliphatic carbocycles. The number of alkyl halides is 2. The lowest BCUT2D eigenvalue weighted by atomic mass is 10.0. The Morgan fingerprint density at radius 3 is 2.26 bits per heavy atom. The molecule has 19 heavy (non-hydrogen) atoms. The average Bonchev–Trinajstić information content (AvgIpc) is 2.37. The van der Waals surface area contributed by atoms with Gasteiger partial charge in [-0.05, 0) is 37.1 Å². The smallest absolute Gasteiger partial charge is 0.288 e. The van der Waals surface area contributed by atoms with E-state index in [2.05, 4.69) is 10.2 Å². The molecule has 0 amide bonds. The molecule has 1 aromatic carbocycles. The van der Waals surface area contributed by atoms with E-state index < -0.39 is 5.76 Å². The summed E-state index contributed by atoms with van der Waals surface area (Å²) in [5.74, 6) is -2.00. The zero-order valence-electron chi connectivity index (χ0n) is 10.5. The van der Waals surface area contributed by atoms with Crippen molar-refractivity contribution >= 4 is 17.6 Å². The molecular formula is C13H13F2N3S. The molecule has 0 aliphatic rings. The molecular weight excluding hydrogens is 268 g/mol. The molecule has 2 aromatic rings. The van der Waals surface area contributed by atoms with E-state index in [0.717, 1.165) is 22.4 Å². The minimum atomic E-state index is -2.41. The Labute approximate surface area is 114 Å². The fourth-order valence-corrected chi connectivity index (χ4v) is 2.19. The van der Waals surface area contributed by atoms with E-state index in [1.54, 1.807) is 24.3 Å². The van der Waals surface area contributed by atoms with Crippen molar-refractivity contribution in [2.75, 3.05) is 5.73 Å². The van der Waals surface area contributed by atoms with Gasteiger partial charge in [0.05, 0.1) is 5.69 Å². The first kappa shape index (κ1) is 13.7. The van der Waals surface area contributed by atoms with Crippen LogP contribution in [-0.4, -0.2) is 16.0 Å². The van der Waals surface area contributed by atoms with Crippen molar-refractivity contribution in [3.8, 4) is 11.3 Å². The number of hydrogen-bond donors (Lipinski definition) is 1. The van der Waals surface area contributed by atoms with Crippen molar-refractivity contribution < 1.29 is 8.78 Å². The molecule has 2 N–H and O–H groups in total. The minimum absolute atomic E-state index is 0.408. The Hall–Kier alpha value is -1.69. The molecule has 0 saturated heterocycles. The summed E-state index contributed by atoms with van der Waals surface area (Å²) in [6, 6.07) is 6.83. The van der Waals surface area contributed by atoms with E-state index in [4.69, 9.17) is 5.73 Å².